The van der Waals surface area contributed by atoms with Crippen molar-refractivity contribution in [3.63, 3.8) is 0 Å². The van der Waals surface area contributed by atoms with Gasteiger partial charge in [-0.1, -0.05) is 33.6 Å². The maximum atomic E-state index is 13.9. The minimum absolute atomic E-state index is 0.0286. The quantitative estimate of drug-likeness (QED) is 0.517. The summed E-state index contributed by atoms with van der Waals surface area (Å²) in [6.07, 6.45) is -0.763. The van der Waals surface area contributed by atoms with E-state index in [1.165, 1.54) is 37.8 Å². The van der Waals surface area contributed by atoms with Crippen LogP contribution >= 0.6 is 15.9 Å². The Labute approximate surface area is 173 Å². The monoisotopic (exact) mass is 475 g/mol. The first-order valence-corrected chi connectivity index (χ1v) is 10.6. The van der Waals surface area contributed by atoms with Crippen molar-refractivity contribution in [1.82, 2.24) is 4.31 Å². The number of rotatable bonds is 9. The summed E-state index contributed by atoms with van der Waals surface area (Å²) < 4.78 is 57.4. The van der Waals surface area contributed by atoms with Crippen LogP contribution in [0.5, 0.6) is 5.75 Å². The number of hydrogen-bond acceptors (Lipinski definition) is 5. The molecule has 0 N–H and O–H groups in total. The van der Waals surface area contributed by atoms with Crippen LogP contribution in [0.2, 0.25) is 0 Å². The molecular formula is C19H23BrFNO5S. The van der Waals surface area contributed by atoms with E-state index < -0.39 is 22.1 Å². The zero-order chi connectivity index (χ0) is 20.9. The molecular weight excluding hydrogens is 453 g/mol. The highest BCUT2D eigenvalue weighted by Gasteiger charge is 2.28. The predicted molar refractivity (Wildman–Crippen MR) is 107 cm³/mol. The lowest BCUT2D eigenvalue weighted by molar-refractivity contribution is -0.108. The van der Waals surface area contributed by atoms with E-state index in [2.05, 4.69) is 15.9 Å². The Bertz CT molecular complexity index is 901. The molecule has 0 aliphatic carbocycles. The van der Waals surface area contributed by atoms with Crippen molar-refractivity contribution in [3.05, 3.63) is 57.8 Å². The van der Waals surface area contributed by atoms with Crippen LogP contribution in [-0.4, -0.2) is 46.9 Å². The third-order valence-electron chi connectivity index (χ3n) is 4.20. The van der Waals surface area contributed by atoms with Gasteiger partial charge in [0.15, 0.2) is 17.9 Å². The summed E-state index contributed by atoms with van der Waals surface area (Å²) in [5.74, 6) is -0.515. The topological polar surface area (TPSA) is 65.1 Å². The number of sulfonamides is 1. The summed E-state index contributed by atoms with van der Waals surface area (Å²) in [7, 11) is 0.355. The van der Waals surface area contributed by atoms with Crippen molar-refractivity contribution in [3.8, 4) is 5.75 Å². The standard InChI is InChI=1S/C19H23BrFNO5S/c1-13-5-7-15(8-6-13)28(23,24)22(12-19(26-3)27-4)11-14-9-18(25-2)17(21)10-16(14)20/h5-10,19H,11-12H2,1-4H3. The van der Waals surface area contributed by atoms with Gasteiger partial charge in [0, 0.05) is 25.2 Å². The smallest absolute Gasteiger partial charge is 0.243 e. The fourth-order valence-electron chi connectivity index (χ4n) is 2.56. The Hall–Kier alpha value is -1.52. The number of methoxy groups -OCH3 is 3. The lowest BCUT2D eigenvalue weighted by Gasteiger charge is -2.26. The van der Waals surface area contributed by atoms with Crippen molar-refractivity contribution in [2.45, 2.75) is 24.7 Å². The van der Waals surface area contributed by atoms with Gasteiger partial charge in [0.05, 0.1) is 18.6 Å². The average Bonchev–Trinajstić information content (AvgIpc) is 2.67. The van der Waals surface area contributed by atoms with Crippen molar-refractivity contribution < 1.29 is 27.0 Å². The molecule has 6 nitrogen and oxygen atoms in total. The van der Waals surface area contributed by atoms with Crippen LogP contribution in [0.15, 0.2) is 45.8 Å². The highest BCUT2D eigenvalue weighted by Crippen LogP contribution is 2.29. The molecule has 0 fully saturated rings. The number of halogens is 2. The van der Waals surface area contributed by atoms with Gasteiger partial charge < -0.3 is 14.2 Å². The fraction of sp³-hybridized carbons (Fsp3) is 0.368. The van der Waals surface area contributed by atoms with E-state index in [-0.39, 0.29) is 23.7 Å². The zero-order valence-corrected chi connectivity index (χ0v) is 18.5. The average molecular weight is 476 g/mol. The fourth-order valence-corrected chi connectivity index (χ4v) is 4.40. The first-order valence-electron chi connectivity index (χ1n) is 8.37. The van der Waals surface area contributed by atoms with E-state index in [1.54, 1.807) is 24.3 Å². The molecule has 154 valence electrons. The molecule has 9 heteroatoms. The highest BCUT2D eigenvalue weighted by atomic mass is 79.9. The molecule has 0 aliphatic rings. The van der Waals surface area contributed by atoms with Crippen molar-refractivity contribution in [2.75, 3.05) is 27.9 Å². The molecule has 0 atom stereocenters. The van der Waals surface area contributed by atoms with E-state index in [4.69, 9.17) is 14.2 Å². The molecule has 0 aromatic heterocycles. The summed E-state index contributed by atoms with van der Waals surface area (Å²) in [6, 6.07) is 9.26. The molecule has 0 spiro atoms. The van der Waals surface area contributed by atoms with Crippen LogP contribution in [0.3, 0.4) is 0 Å². The Kier molecular flexibility index (Phi) is 7.97. The Morgan fingerprint density at radius 3 is 2.25 bits per heavy atom. The number of nitrogens with zero attached hydrogens (tertiary/aromatic N) is 1. The Balaban J connectivity index is 2.46. The summed E-state index contributed by atoms with van der Waals surface area (Å²) in [5.41, 5.74) is 1.49. The molecule has 2 aromatic rings. The maximum Gasteiger partial charge on any atom is 0.243 e. The third kappa shape index (κ3) is 5.30. The third-order valence-corrected chi connectivity index (χ3v) is 6.77. The van der Waals surface area contributed by atoms with Gasteiger partial charge in [-0.15, -0.1) is 0 Å². The van der Waals surface area contributed by atoms with Gasteiger partial charge >= 0.3 is 0 Å². The Morgan fingerprint density at radius 2 is 1.71 bits per heavy atom. The lowest BCUT2D eigenvalue weighted by Crippen LogP contribution is -2.38. The van der Waals surface area contributed by atoms with Crippen LogP contribution in [0.25, 0.3) is 0 Å². The molecule has 2 aromatic carbocycles. The van der Waals surface area contributed by atoms with Gasteiger partial charge in [0.2, 0.25) is 10.0 Å². The Morgan fingerprint density at radius 1 is 1.11 bits per heavy atom. The first kappa shape index (κ1) is 22.8. The maximum absolute atomic E-state index is 13.9. The number of hydrogen-bond donors (Lipinski definition) is 0. The summed E-state index contributed by atoms with van der Waals surface area (Å²) in [6.45, 7) is 1.80. The van der Waals surface area contributed by atoms with Gasteiger partial charge in [0.25, 0.3) is 0 Å². The SMILES string of the molecule is COc1cc(CN(CC(OC)OC)S(=O)(=O)c2ccc(C)cc2)c(Br)cc1F. The van der Waals surface area contributed by atoms with Gasteiger partial charge in [-0.05, 0) is 36.8 Å². The second kappa shape index (κ2) is 9.80. The minimum atomic E-state index is -3.86. The number of benzene rings is 2. The molecule has 0 unspecified atom stereocenters. The van der Waals surface area contributed by atoms with Gasteiger partial charge in [-0.25, -0.2) is 12.8 Å². The molecule has 0 heterocycles. The van der Waals surface area contributed by atoms with Gasteiger partial charge in [-0.3, -0.25) is 0 Å². The molecule has 0 saturated heterocycles. The van der Waals surface area contributed by atoms with Crippen LogP contribution in [-0.2, 0) is 26.0 Å². The molecule has 28 heavy (non-hydrogen) atoms. The second-order valence-electron chi connectivity index (χ2n) is 6.09. The number of ether oxygens (including phenoxy) is 3. The van der Waals surface area contributed by atoms with Crippen molar-refractivity contribution in [1.29, 1.82) is 0 Å². The van der Waals surface area contributed by atoms with Crippen LogP contribution in [0, 0.1) is 12.7 Å². The first-order chi connectivity index (χ1) is 13.2. The molecule has 0 aliphatic heterocycles. The molecule has 0 amide bonds. The van der Waals surface area contributed by atoms with Crippen molar-refractivity contribution >= 4 is 26.0 Å². The van der Waals surface area contributed by atoms with E-state index in [1.807, 2.05) is 6.92 Å². The van der Waals surface area contributed by atoms with E-state index >= 15 is 0 Å². The normalized spacial score (nSPS) is 12.0. The summed E-state index contributed by atoms with van der Waals surface area (Å²) in [4.78, 5) is 0.147. The summed E-state index contributed by atoms with van der Waals surface area (Å²) >= 11 is 3.29. The number of aryl methyl sites for hydroxylation is 1. The largest absolute Gasteiger partial charge is 0.494 e. The van der Waals surface area contributed by atoms with Gasteiger partial charge in [0.1, 0.15) is 0 Å². The second-order valence-corrected chi connectivity index (χ2v) is 8.88. The molecule has 0 bridgehead atoms. The zero-order valence-electron chi connectivity index (χ0n) is 16.1. The lowest BCUT2D eigenvalue weighted by atomic mass is 10.2. The van der Waals surface area contributed by atoms with E-state index in [0.717, 1.165) is 5.56 Å². The van der Waals surface area contributed by atoms with Gasteiger partial charge in [-0.2, -0.15) is 4.31 Å². The van der Waals surface area contributed by atoms with Crippen LogP contribution < -0.4 is 4.74 Å². The minimum Gasteiger partial charge on any atom is -0.494 e. The predicted octanol–water partition coefficient (Wildman–Crippen LogP) is 3.72. The van der Waals surface area contributed by atoms with Crippen LogP contribution in [0.1, 0.15) is 11.1 Å². The molecule has 2 rings (SSSR count). The highest BCUT2D eigenvalue weighted by molar-refractivity contribution is 9.10. The molecule has 0 radical (unpaired) electrons. The van der Waals surface area contributed by atoms with E-state index in [9.17, 15) is 12.8 Å². The van der Waals surface area contributed by atoms with Crippen LogP contribution in [0.4, 0.5) is 4.39 Å². The van der Waals surface area contributed by atoms with Crippen molar-refractivity contribution in [2.24, 2.45) is 0 Å². The van der Waals surface area contributed by atoms with E-state index in [0.29, 0.717) is 10.0 Å². The summed E-state index contributed by atoms with van der Waals surface area (Å²) in [5, 5.41) is 0. The molecule has 0 saturated carbocycles.